The summed E-state index contributed by atoms with van der Waals surface area (Å²) in [5.74, 6) is -1.72. The molecule has 1 N–H and O–H groups in total. The predicted octanol–water partition coefficient (Wildman–Crippen LogP) is 3.24. The molecule has 0 bridgehead atoms. The fraction of sp³-hybridized carbons (Fsp3) is 0. The number of halogens is 2. The van der Waals surface area contributed by atoms with E-state index in [0.717, 1.165) is 6.20 Å². The molecule has 0 amide bonds. The van der Waals surface area contributed by atoms with Gasteiger partial charge >= 0.3 is 5.97 Å². The van der Waals surface area contributed by atoms with Crippen molar-refractivity contribution in [2.45, 2.75) is 0 Å². The van der Waals surface area contributed by atoms with Gasteiger partial charge in [0.25, 0.3) is 0 Å². The lowest BCUT2D eigenvalue weighted by molar-refractivity contribution is 0.0698. The maximum Gasteiger partial charge on any atom is 0.336 e. The monoisotopic (exact) mass is 251 g/mol. The van der Waals surface area contributed by atoms with Gasteiger partial charge in [-0.25, -0.2) is 9.18 Å². The molecular weight excluding hydrogens is 245 g/mol. The molecule has 0 spiro atoms. The second-order valence-corrected chi connectivity index (χ2v) is 3.79. The molecule has 2 rings (SSSR count). The van der Waals surface area contributed by atoms with Crippen molar-refractivity contribution < 1.29 is 14.3 Å². The first-order chi connectivity index (χ1) is 8.09. The highest BCUT2D eigenvalue weighted by Gasteiger charge is 2.14. The third kappa shape index (κ3) is 2.26. The maximum absolute atomic E-state index is 13.6. The summed E-state index contributed by atoms with van der Waals surface area (Å²) in [5.41, 5.74) is 0.407. The third-order valence-electron chi connectivity index (χ3n) is 2.27. The summed E-state index contributed by atoms with van der Waals surface area (Å²) < 4.78 is 13.6. The second kappa shape index (κ2) is 4.51. The van der Waals surface area contributed by atoms with Crippen molar-refractivity contribution in [3.63, 3.8) is 0 Å². The number of rotatable bonds is 2. The lowest BCUT2D eigenvalue weighted by Crippen LogP contribution is -2.00. The molecular formula is C12H7ClFNO2. The Bertz CT molecular complexity index is 586. The van der Waals surface area contributed by atoms with Crippen molar-refractivity contribution in [1.29, 1.82) is 0 Å². The molecule has 1 heterocycles. The maximum atomic E-state index is 13.6. The van der Waals surface area contributed by atoms with E-state index in [1.165, 1.54) is 30.5 Å². The topological polar surface area (TPSA) is 50.2 Å². The summed E-state index contributed by atoms with van der Waals surface area (Å²) in [7, 11) is 0. The summed E-state index contributed by atoms with van der Waals surface area (Å²) in [6.45, 7) is 0. The molecule has 2 aromatic rings. The number of nitrogens with zero attached hydrogens (tertiary/aromatic N) is 1. The van der Waals surface area contributed by atoms with E-state index < -0.39 is 11.8 Å². The van der Waals surface area contributed by atoms with Crippen LogP contribution >= 0.6 is 11.6 Å². The van der Waals surface area contributed by atoms with Crippen LogP contribution in [0.5, 0.6) is 0 Å². The highest BCUT2D eigenvalue weighted by atomic mass is 35.5. The van der Waals surface area contributed by atoms with E-state index in [0.29, 0.717) is 5.02 Å². The first-order valence-corrected chi connectivity index (χ1v) is 5.10. The van der Waals surface area contributed by atoms with Gasteiger partial charge in [-0.1, -0.05) is 11.6 Å². The normalized spacial score (nSPS) is 10.2. The van der Waals surface area contributed by atoms with Crippen LogP contribution in [0.1, 0.15) is 10.4 Å². The average molecular weight is 252 g/mol. The molecule has 0 saturated heterocycles. The SMILES string of the molecule is O=C(O)c1ccc(Cl)cc1-c1ccncc1F. The summed E-state index contributed by atoms with van der Waals surface area (Å²) >= 11 is 5.79. The number of carboxylic acids is 1. The van der Waals surface area contributed by atoms with E-state index >= 15 is 0 Å². The number of hydrogen-bond donors (Lipinski definition) is 1. The van der Waals surface area contributed by atoms with Gasteiger partial charge in [0.15, 0.2) is 0 Å². The molecule has 0 atom stereocenters. The van der Waals surface area contributed by atoms with Gasteiger partial charge in [0, 0.05) is 22.3 Å². The fourth-order valence-corrected chi connectivity index (χ4v) is 1.69. The van der Waals surface area contributed by atoms with Crippen LogP contribution in [0.15, 0.2) is 36.7 Å². The van der Waals surface area contributed by atoms with E-state index in [1.54, 1.807) is 0 Å². The number of carbonyl (C=O) groups is 1. The zero-order chi connectivity index (χ0) is 12.4. The molecule has 1 aromatic heterocycles. The number of benzene rings is 1. The van der Waals surface area contributed by atoms with Gasteiger partial charge in [0.1, 0.15) is 5.82 Å². The molecule has 0 saturated carbocycles. The van der Waals surface area contributed by atoms with Crippen LogP contribution in [-0.4, -0.2) is 16.1 Å². The van der Waals surface area contributed by atoms with Crippen molar-refractivity contribution >= 4 is 17.6 Å². The van der Waals surface area contributed by atoms with Crippen molar-refractivity contribution in [3.05, 3.63) is 53.1 Å². The molecule has 0 aliphatic heterocycles. The van der Waals surface area contributed by atoms with Gasteiger partial charge in [-0.3, -0.25) is 4.98 Å². The molecule has 3 nitrogen and oxygen atoms in total. The molecule has 0 fully saturated rings. The van der Waals surface area contributed by atoms with Crippen LogP contribution in [0, 0.1) is 5.82 Å². The Hall–Kier alpha value is -1.94. The van der Waals surface area contributed by atoms with Crippen LogP contribution in [-0.2, 0) is 0 Å². The summed E-state index contributed by atoms with van der Waals surface area (Å²) in [6, 6.07) is 5.63. The Morgan fingerprint density at radius 1 is 1.29 bits per heavy atom. The van der Waals surface area contributed by atoms with Crippen molar-refractivity contribution in [2.75, 3.05) is 0 Å². The largest absolute Gasteiger partial charge is 0.478 e. The lowest BCUT2D eigenvalue weighted by atomic mass is 10.0. The number of hydrogen-bond acceptors (Lipinski definition) is 2. The minimum atomic E-state index is -1.13. The third-order valence-corrected chi connectivity index (χ3v) is 2.51. The zero-order valence-electron chi connectivity index (χ0n) is 8.52. The smallest absolute Gasteiger partial charge is 0.336 e. The van der Waals surface area contributed by atoms with Crippen molar-refractivity contribution in [3.8, 4) is 11.1 Å². The van der Waals surface area contributed by atoms with Crippen LogP contribution in [0.25, 0.3) is 11.1 Å². The molecule has 17 heavy (non-hydrogen) atoms. The van der Waals surface area contributed by atoms with Gasteiger partial charge in [-0.2, -0.15) is 0 Å². The average Bonchev–Trinajstić information content (AvgIpc) is 2.29. The molecule has 1 aromatic carbocycles. The number of aromatic nitrogens is 1. The van der Waals surface area contributed by atoms with E-state index in [1.807, 2.05) is 0 Å². The summed E-state index contributed by atoms with van der Waals surface area (Å²) in [4.78, 5) is 14.6. The van der Waals surface area contributed by atoms with E-state index in [9.17, 15) is 9.18 Å². The molecule has 0 radical (unpaired) electrons. The van der Waals surface area contributed by atoms with E-state index in [-0.39, 0.29) is 16.7 Å². The van der Waals surface area contributed by atoms with E-state index in [2.05, 4.69) is 4.98 Å². The predicted molar refractivity (Wildman–Crippen MR) is 61.6 cm³/mol. The highest BCUT2D eigenvalue weighted by Crippen LogP contribution is 2.28. The van der Waals surface area contributed by atoms with Gasteiger partial charge in [0.2, 0.25) is 0 Å². The minimum absolute atomic E-state index is 0.000463. The first-order valence-electron chi connectivity index (χ1n) is 4.72. The Morgan fingerprint density at radius 2 is 2.06 bits per heavy atom. The quantitative estimate of drug-likeness (QED) is 0.891. The highest BCUT2D eigenvalue weighted by molar-refractivity contribution is 6.31. The first kappa shape index (κ1) is 11.5. The Kier molecular flexibility index (Phi) is 3.06. The van der Waals surface area contributed by atoms with Crippen molar-refractivity contribution in [2.24, 2.45) is 0 Å². The molecule has 0 aliphatic carbocycles. The van der Waals surface area contributed by atoms with Gasteiger partial charge in [-0.05, 0) is 24.3 Å². The zero-order valence-corrected chi connectivity index (χ0v) is 9.28. The Balaban J connectivity index is 2.70. The molecule has 0 aliphatic rings. The number of carboxylic acid groups (broad SMARTS) is 1. The molecule has 86 valence electrons. The Morgan fingerprint density at radius 3 is 2.71 bits per heavy atom. The van der Waals surface area contributed by atoms with Crippen LogP contribution in [0.4, 0.5) is 4.39 Å². The number of pyridine rings is 1. The van der Waals surface area contributed by atoms with Gasteiger partial charge in [-0.15, -0.1) is 0 Å². The van der Waals surface area contributed by atoms with Crippen LogP contribution < -0.4 is 0 Å². The second-order valence-electron chi connectivity index (χ2n) is 3.35. The summed E-state index contributed by atoms with van der Waals surface area (Å²) in [6.07, 6.45) is 2.42. The standard InChI is InChI=1S/C12H7ClFNO2/c13-7-1-2-9(12(16)17)10(5-7)8-3-4-15-6-11(8)14/h1-6H,(H,16,17). The fourth-order valence-electron chi connectivity index (χ4n) is 1.52. The van der Waals surface area contributed by atoms with Gasteiger partial charge in [0.05, 0.1) is 11.8 Å². The van der Waals surface area contributed by atoms with Crippen molar-refractivity contribution in [1.82, 2.24) is 4.98 Å². The number of aromatic carboxylic acids is 1. The van der Waals surface area contributed by atoms with E-state index in [4.69, 9.17) is 16.7 Å². The molecule has 5 heteroatoms. The lowest BCUT2D eigenvalue weighted by Gasteiger charge is -2.07. The Labute approximate surface area is 101 Å². The summed E-state index contributed by atoms with van der Waals surface area (Å²) in [5, 5.41) is 9.38. The van der Waals surface area contributed by atoms with Gasteiger partial charge < -0.3 is 5.11 Å². The minimum Gasteiger partial charge on any atom is -0.478 e. The molecule has 0 unspecified atom stereocenters. The van der Waals surface area contributed by atoms with Crippen LogP contribution in [0.2, 0.25) is 5.02 Å². The van der Waals surface area contributed by atoms with Crippen LogP contribution in [0.3, 0.4) is 0 Å².